The average molecular weight is 457 g/mol. The van der Waals surface area contributed by atoms with Gasteiger partial charge in [-0.15, -0.1) is 11.8 Å². The zero-order valence-corrected chi connectivity index (χ0v) is 22.8. The summed E-state index contributed by atoms with van der Waals surface area (Å²) in [6, 6.07) is 17.6. The van der Waals surface area contributed by atoms with Gasteiger partial charge >= 0.3 is 0 Å². The highest BCUT2D eigenvalue weighted by molar-refractivity contribution is 7.98. The Morgan fingerprint density at radius 2 is 1.12 bits per heavy atom. The number of rotatable bonds is 14. The van der Waals surface area contributed by atoms with Crippen LogP contribution in [-0.2, 0) is 6.42 Å². The summed E-state index contributed by atoms with van der Waals surface area (Å²) in [7, 11) is 0. The van der Waals surface area contributed by atoms with Crippen molar-refractivity contribution in [1.29, 1.82) is 0 Å². The van der Waals surface area contributed by atoms with Gasteiger partial charge in [-0.25, -0.2) is 0 Å². The van der Waals surface area contributed by atoms with Crippen molar-refractivity contribution in [1.82, 2.24) is 0 Å². The van der Waals surface area contributed by atoms with Crippen LogP contribution in [-0.4, -0.2) is 36.9 Å². The molecular formula is C30H50NS+. The van der Waals surface area contributed by atoms with E-state index in [0.29, 0.717) is 0 Å². The number of aryl methyl sites for hydroxylation is 3. The van der Waals surface area contributed by atoms with Gasteiger partial charge in [0.25, 0.3) is 0 Å². The number of thioether (sulfide) groups is 1. The minimum atomic E-state index is 1.24. The van der Waals surface area contributed by atoms with Gasteiger partial charge in [0, 0.05) is 4.90 Å². The Kier molecular flexibility index (Phi) is 15.5. The summed E-state index contributed by atoms with van der Waals surface area (Å²) >= 11 is 1.78. The predicted octanol–water partition coefficient (Wildman–Crippen LogP) is 8.86. The normalized spacial score (nSPS) is 11.2. The second-order valence-electron chi connectivity index (χ2n) is 9.30. The number of hydrogen-bond acceptors (Lipinski definition) is 1. The van der Waals surface area contributed by atoms with Crippen LogP contribution in [0.15, 0.2) is 53.4 Å². The topological polar surface area (TPSA) is 0 Å². The molecule has 1 nitrogen and oxygen atoms in total. The molecule has 0 aromatic heterocycles. The van der Waals surface area contributed by atoms with Gasteiger partial charge < -0.3 is 4.48 Å². The lowest BCUT2D eigenvalue weighted by Gasteiger charge is -2.37. The molecule has 0 aliphatic heterocycles. The van der Waals surface area contributed by atoms with Crippen LogP contribution in [0.1, 0.15) is 82.4 Å². The quantitative estimate of drug-likeness (QED) is 0.155. The van der Waals surface area contributed by atoms with Gasteiger partial charge in [0.2, 0.25) is 0 Å². The zero-order valence-electron chi connectivity index (χ0n) is 22.0. The second-order valence-corrected chi connectivity index (χ2v) is 10.2. The Balaban J connectivity index is 0.000000471. The molecule has 0 aliphatic rings. The van der Waals surface area contributed by atoms with Crippen LogP contribution < -0.4 is 0 Å². The molecule has 2 heteroatoms. The first-order chi connectivity index (χ1) is 15.5. The molecule has 2 aromatic carbocycles. The smallest absolute Gasteiger partial charge is 0.0786 e. The van der Waals surface area contributed by atoms with Crippen LogP contribution in [0, 0.1) is 13.8 Å². The van der Waals surface area contributed by atoms with Crippen molar-refractivity contribution in [2.45, 2.75) is 90.9 Å². The third kappa shape index (κ3) is 12.1. The summed E-state index contributed by atoms with van der Waals surface area (Å²) in [5.74, 6) is 0. The third-order valence-corrected chi connectivity index (χ3v) is 7.55. The van der Waals surface area contributed by atoms with Crippen LogP contribution in [0.5, 0.6) is 0 Å². The Labute approximate surface area is 204 Å². The van der Waals surface area contributed by atoms with Crippen molar-refractivity contribution in [3.8, 4) is 0 Å². The molecular weight excluding hydrogens is 406 g/mol. The second kappa shape index (κ2) is 17.3. The molecule has 0 bridgehead atoms. The Morgan fingerprint density at radius 1 is 0.625 bits per heavy atom. The molecule has 0 heterocycles. The summed E-state index contributed by atoms with van der Waals surface area (Å²) in [4.78, 5) is 1.33. The Hall–Kier alpha value is -1.25. The minimum Gasteiger partial charge on any atom is -0.324 e. The van der Waals surface area contributed by atoms with Crippen LogP contribution in [0.25, 0.3) is 0 Å². The Morgan fingerprint density at radius 3 is 1.62 bits per heavy atom. The summed E-state index contributed by atoms with van der Waals surface area (Å²) in [5.41, 5.74) is 4.19. The van der Waals surface area contributed by atoms with E-state index in [2.05, 4.69) is 89.4 Å². The minimum absolute atomic E-state index is 1.24. The molecule has 32 heavy (non-hydrogen) atoms. The van der Waals surface area contributed by atoms with E-state index in [-0.39, 0.29) is 0 Å². The molecule has 0 aliphatic carbocycles. The first-order valence-electron chi connectivity index (χ1n) is 13.0. The predicted molar refractivity (Wildman–Crippen MR) is 147 cm³/mol. The third-order valence-electron chi connectivity index (χ3n) is 6.80. The molecule has 0 radical (unpaired) electrons. The van der Waals surface area contributed by atoms with Crippen LogP contribution in [0.4, 0.5) is 0 Å². The van der Waals surface area contributed by atoms with Gasteiger partial charge in [-0.1, -0.05) is 73.7 Å². The monoisotopic (exact) mass is 456 g/mol. The standard InChI is InChI=1S/C22H40N.C8H10S/c1-5-8-9-10-12-19-23(6-2,7-3)20-13-11-14-22-17-15-21(4)16-18-22;1-7-3-5-8(9-2)6-4-7/h15-18H,5-14,19-20H2,1-4H3;3-6H,1-2H3/q+1;. The largest absolute Gasteiger partial charge is 0.324 e. The lowest BCUT2D eigenvalue weighted by Crippen LogP contribution is -2.49. The van der Waals surface area contributed by atoms with Gasteiger partial charge in [-0.2, -0.15) is 0 Å². The number of benzene rings is 2. The van der Waals surface area contributed by atoms with Crippen molar-refractivity contribution >= 4 is 11.8 Å². The van der Waals surface area contributed by atoms with Gasteiger partial charge in [-0.05, 0) is 83.8 Å². The van der Waals surface area contributed by atoms with E-state index >= 15 is 0 Å². The summed E-state index contributed by atoms with van der Waals surface area (Å²) in [6.07, 6.45) is 13.1. The van der Waals surface area contributed by atoms with E-state index in [9.17, 15) is 0 Å². The van der Waals surface area contributed by atoms with Crippen LogP contribution in [0.3, 0.4) is 0 Å². The number of hydrogen-bond donors (Lipinski definition) is 0. The molecule has 0 saturated carbocycles. The number of quaternary nitrogens is 1. The highest BCUT2D eigenvalue weighted by Crippen LogP contribution is 2.15. The summed E-state index contributed by atoms with van der Waals surface area (Å²) in [5, 5.41) is 0. The zero-order chi connectivity index (χ0) is 23.7. The molecule has 0 N–H and O–H groups in total. The maximum atomic E-state index is 2.38. The van der Waals surface area contributed by atoms with E-state index < -0.39 is 0 Å². The van der Waals surface area contributed by atoms with Gasteiger partial charge in [0.15, 0.2) is 0 Å². The van der Waals surface area contributed by atoms with Crippen molar-refractivity contribution in [2.75, 3.05) is 32.4 Å². The molecule has 0 fully saturated rings. The van der Waals surface area contributed by atoms with Crippen molar-refractivity contribution in [2.24, 2.45) is 0 Å². The SMILES string of the molecule is CCCCCCC[N+](CC)(CC)CCCCc1ccc(C)cc1.CSc1ccc(C)cc1. The number of unbranched alkanes of at least 4 members (excludes halogenated alkanes) is 5. The maximum absolute atomic E-state index is 2.38. The molecule has 0 atom stereocenters. The fraction of sp³-hybridized carbons (Fsp3) is 0.600. The van der Waals surface area contributed by atoms with E-state index in [4.69, 9.17) is 0 Å². The molecule has 0 amide bonds. The molecule has 0 spiro atoms. The Bertz CT molecular complexity index is 686. The maximum Gasteiger partial charge on any atom is 0.0786 e. The molecule has 2 aromatic rings. The summed E-state index contributed by atoms with van der Waals surface area (Å²) in [6.45, 7) is 16.7. The first kappa shape index (κ1) is 28.8. The van der Waals surface area contributed by atoms with Gasteiger partial charge in [0.05, 0.1) is 26.2 Å². The van der Waals surface area contributed by atoms with Crippen LogP contribution >= 0.6 is 11.8 Å². The van der Waals surface area contributed by atoms with Crippen LogP contribution in [0.2, 0.25) is 0 Å². The van der Waals surface area contributed by atoms with E-state index in [1.807, 2.05) is 0 Å². The lowest BCUT2D eigenvalue weighted by molar-refractivity contribution is -0.925. The molecule has 0 unspecified atom stereocenters. The fourth-order valence-electron chi connectivity index (χ4n) is 4.22. The molecule has 2 rings (SSSR count). The van der Waals surface area contributed by atoms with Gasteiger partial charge in [-0.3, -0.25) is 0 Å². The van der Waals surface area contributed by atoms with Crippen molar-refractivity contribution in [3.63, 3.8) is 0 Å². The van der Waals surface area contributed by atoms with Crippen molar-refractivity contribution < 1.29 is 4.48 Å². The van der Waals surface area contributed by atoms with E-state index in [0.717, 1.165) is 0 Å². The first-order valence-corrected chi connectivity index (χ1v) is 14.2. The van der Waals surface area contributed by atoms with E-state index in [1.165, 1.54) is 104 Å². The fourth-order valence-corrected chi connectivity index (χ4v) is 4.63. The average Bonchev–Trinajstić information content (AvgIpc) is 2.82. The molecule has 0 saturated heterocycles. The van der Waals surface area contributed by atoms with Crippen molar-refractivity contribution in [3.05, 3.63) is 65.2 Å². The highest BCUT2D eigenvalue weighted by atomic mass is 32.2. The summed E-state index contributed by atoms with van der Waals surface area (Å²) < 4.78 is 1.33. The van der Waals surface area contributed by atoms with Gasteiger partial charge in [0.1, 0.15) is 0 Å². The lowest BCUT2D eigenvalue weighted by atomic mass is 10.1. The van der Waals surface area contributed by atoms with E-state index in [1.54, 1.807) is 11.8 Å². The molecule has 180 valence electrons. The number of nitrogens with zero attached hydrogens (tertiary/aromatic N) is 1. The highest BCUT2D eigenvalue weighted by Gasteiger charge is 2.21.